The van der Waals surface area contributed by atoms with E-state index in [1.54, 1.807) is 37.5 Å². The number of likely N-dealkylation sites (tertiary alicyclic amines) is 3. The molecule has 2 unspecified atom stereocenters. The van der Waals surface area contributed by atoms with Crippen LogP contribution in [-0.2, 0) is 14.3 Å². The van der Waals surface area contributed by atoms with Crippen LogP contribution in [0.25, 0.3) is 0 Å². The molecule has 8 nitrogen and oxygen atoms in total. The van der Waals surface area contributed by atoms with Gasteiger partial charge in [-0.25, -0.2) is 4.79 Å². The van der Waals surface area contributed by atoms with Gasteiger partial charge in [-0.1, -0.05) is 0 Å². The van der Waals surface area contributed by atoms with Crippen molar-refractivity contribution in [2.75, 3.05) is 19.6 Å². The van der Waals surface area contributed by atoms with Crippen LogP contribution < -0.4 is 0 Å². The first-order valence-corrected chi connectivity index (χ1v) is 10.3. The van der Waals surface area contributed by atoms with E-state index >= 15 is 0 Å². The van der Waals surface area contributed by atoms with E-state index in [0.29, 0.717) is 25.9 Å². The van der Waals surface area contributed by atoms with E-state index in [4.69, 9.17) is 4.74 Å². The Morgan fingerprint density at radius 1 is 1.25 bits per heavy atom. The van der Waals surface area contributed by atoms with Gasteiger partial charge in [-0.2, -0.15) is 0 Å². The highest BCUT2D eigenvalue weighted by molar-refractivity contribution is 6.00. The van der Waals surface area contributed by atoms with E-state index < -0.39 is 29.4 Å². The van der Waals surface area contributed by atoms with Crippen molar-refractivity contribution in [3.63, 3.8) is 0 Å². The number of rotatable bonds is 3. The molecule has 1 N–H and O–H groups in total. The summed E-state index contributed by atoms with van der Waals surface area (Å²) in [6.07, 6.45) is 1.68. The summed E-state index contributed by atoms with van der Waals surface area (Å²) in [4.78, 5) is 43.7. The number of nitrogens with zero attached hydrogens (tertiary/aromatic N) is 3. The fourth-order valence-corrected chi connectivity index (χ4v) is 4.70. The van der Waals surface area contributed by atoms with Gasteiger partial charge in [-0.3, -0.25) is 14.5 Å². The van der Waals surface area contributed by atoms with Gasteiger partial charge in [0.15, 0.2) is 0 Å². The van der Waals surface area contributed by atoms with Crippen LogP contribution in [0.4, 0.5) is 4.79 Å². The van der Waals surface area contributed by atoms with Gasteiger partial charge in [-0.15, -0.1) is 0 Å². The highest BCUT2D eigenvalue weighted by Crippen LogP contribution is 2.44. The molecule has 158 valence electrons. The molecule has 0 saturated carbocycles. The third kappa shape index (κ3) is 3.47. The smallest absolute Gasteiger partial charge is 0.411 e. The van der Waals surface area contributed by atoms with Crippen molar-refractivity contribution in [1.29, 1.82) is 0 Å². The van der Waals surface area contributed by atoms with Crippen molar-refractivity contribution in [2.24, 2.45) is 0 Å². The number of hydrogen-bond donors (Lipinski definition) is 1. The molecule has 3 heterocycles. The third-order valence-corrected chi connectivity index (χ3v) is 6.02. The molecule has 3 rings (SSSR count). The topological polar surface area (TPSA) is 90.4 Å². The number of β-lactam (4-membered cyclic amide) rings is 1. The fraction of sp³-hybridized carbons (Fsp3) is 0.850. The van der Waals surface area contributed by atoms with E-state index in [-0.39, 0.29) is 24.4 Å². The van der Waals surface area contributed by atoms with Gasteiger partial charge in [0, 0.05) is 19.1 Å². The molecular weight excluding hydrogens is 362 g/mol. The lowest BCUT2D eigenvalue weighted by molar-refractivity contribution is -0.175. The molecule has 3 fully saturated rings. The van der Waals surface area contributed by atoms with Gasteiger partial charge in [0.25, 0.3) is 5.91 Å². The Balaban J connectivity index is 1.79. The zero-order valence-electron chi connectivity index (χ0n) is 17.6. The number of aliphatic hydroxyl groups excluding tert-OH is 1. The van der Waals surface area contributed by atoms with Crippen LogP contribution in [0, 0.1) is 0 Å². The van der Waals surface area contributed by atoms with Crippen LogP contribution in [0.3, 0.4) is 0 Å². The van der Waals surface area contributed by atoms with Gasteiger partial charge in [0.2, 0.25) is 5.91 Å². The molecule has 3 amide bonds. The largest absolute Gasteiger partial charge is 0.444 e. The number of hydrogen-bond acceptors (Lipinski definition) is 5. The minimum Gasteiger partial charge on any atom is -0.444 e. The number of carbonyl (C=O) groups is 3. The Labute approximate surface area is 166 Å². The molecule has 0 radical (unpaired) electrons. The minimum atomic E-state index is -0.969. The molecule has 0 aliphatic carbocycles. The lowest BCUT2D eigenvalue weighted by atomic mass is 9.83. The molecule has 4 atom stereocenters. The van der Waals surface area contributed by atoms with Gasteiger partial charge >= 0.3 is 6.09 Å². The van der Waals surface area contributed by atoms with Gasteiger partial charge in [-0.05, 0) is 60.3 Å². The Kier molecular flexibility index (Phi) is 5.38. The maximum absolute atomic E-state index is 13.3. The quantitative estimate of drug-likeness (QED) is 0.729. The van der Waals surface area contributed by atoms with Crippen molar-refractivity contribution >= 4 is 17.9 Å². The van der Waals surface area contributed by atoms with Gasteiger partial charge in [0.1, 0.15) is 17.2 Å². The molecule has 3 aliphatic heterocycles. The molecule has 3 saturated heterocycles. The molecule has 1 spiro atoms. The Morgan fingerprint density at radius 3 is 2.36 bits per heavy atom. The summed E-state index contributed by atoms with van der Waals surface area (Å²) < 4.78 is 5.54. The summed E-state index contributed by atoms with van der Waals surface area (Å²) in [7, 11) is 0. The standard InChI is InChI=1S/C20H33N3O5/c1-13-8-9-20(23(13)18(27)28-19(3,4)5)12-22(17(20)26)15(14(2)24)16(25)21-10-6-7-11-21/h13-15,24H,6-12H2,1-5H3/t13?,14-,15+,20?/m1/s1. The normalized spacial score (nSPS) is 29.9. The number of amides is 3. The molecule has 0 aromatic carbocycles. The van der Waals surface area contributed by atoms with Gasteiger partial charge in [0.05, 0.1) is 12.6 Å². The maximum atomic E-state index is 13.3. The predicted molar refractivity (Wildman–Crippen MR) is 102 cm³/mol. The first kappa shape index (κ1) is 20.9. The van der Waals surface area contributed by atoms with E-state index in [1.807, 2.05) is 6.92 Å². The minimum absolute atomic E-state index is 0.111. The summed E-state index contributed by atoms with van der Waals surface area (Å²) in [6.45, 7) is 10.4. The molecular formula is C20H33N3O5. The molecule has 0 bridgehead atoms. The van der Waals surface area contributed by atoms with Crippen LogP contribution >= 0.6 is 0 Å². The fourth-order valence-electron chi connectivity index (χ4n) is 4.70. The van der Waals surface area contributed by atoms with E-state index in [1.165, 1.54) is 4.90 Å². The van der Waals surface area contributed by atoms with Crippen LogP contribution in [0.5, 0.6) is 0 Å². The molecule has 0 aromatic heterocycles. The average Bonchev–Trinajstić information content (AvgIpc) is 3.21. The third-order valence-electron chi connectivity index (χ3n) is 6.02. The number of carbonyl (C=O) groups excluding carboxylic acids is 3. The zero-order valence-corrected chi connectivity index (χ0v) is 17.6. The van der Waals surface area contributed by atoms with Crippen LogP contribution in [0.15, 0.2) is 0 Å². The second kappa shape index (κ2) is 7.21. The molecule has 28 heavy (non-hydrogen) atoms. The van der Waals surface area contributed by atoms with E-state index in [0.717, 1.165) is 12.8 Å². The molecule has 0 aromatic rings. The van der Waals surface area contributed by atoms with Crippen molar-refractivity contribution < 1.29 is 24.2 Å². The van der Waals surface area contributed by atoms with E-state index in [9.17, 15) is 19.5 Å². The first-order valence-electron chi connectivity index (χ1n) is 10.3. The van der Waals surface area contributed by atoms with Crippen LogP contribution in [0.2, 0.25) is 0 Å². The molecule has 8 heteroatoms. The van der Waals surface area contributed by atoms with Crippen molar-refractivity contribution in [2.45, 2.75) is 89.6 Å². The number of ether oxygens (including phenoxy) is 1. The van der Waals surface area contributed by atoms with Crippen molar-refractivity contribution in [1.82, 2.24) is 14.7 Å². The predicted octanol–water partition coefficient (Wildman–Crippen LogP) is 1.36. The maximum Gasteiger partial charge on any atom is 0.411 e. The summed E-state index contributed by atoms with van der Waals surface area (Å²) >= 11 is 0. The highest BCUT2D eigenvalue weighted by Gasteiger charge is 2.64. The zero-order chi connectivity index (χ0) is 20.9. The van der Waals surface area contributed by atoms with Crippen molar-refractivity contribution in [3.8, 4) is 0 Å². The van der Waals surface area contributed by atoms with Gasteiger partial charge < -0.3 is 19.6 Å². The van der Waals surface area contributed by atoms with Crippen molar-refractivity contribution in [3.05, 3.63) is 0 Å². The van der Waals surface area contributed by atoms with E-state index in [2.05, 4.69) is 0 Å². The molecule has 3 aliphatic rings. The van der Waals surface area contributed by atoms with Crippen LogP contribution in [-0.4, -0.2) is 86.7 Å². The summed E-state index contributed by atoms with van der Waals surface area (Å²) in [5.41, 5.74) is -1.61. The first-order chi connectivity index (χ1) is 13.0. The summed E-state index contributed by atoms with van der Waals surface area (Å²) in [5, 5.41) is 10.3. The van der Waals surface area contributed by atoms with Crippen LogP contribution in [0.1, 0.15) is 60.3 Å². The Bertz CT molecular complexity index is 653. The second-order valence-corrected chi connectivity index (χ2v) is 9.42. The lowest BCUT2D eigenvalue weighted by Crippen LogP contribution is -2.77. The summed E-state index contributed by atoms with van der Waals surface area (Å²) in [5.74, 6) is -0.466. The number of aliphatic hydroxyl groups is 1. The Hall–Kier alpha value is -1.83. The highest BCUT2D eigenvalue weighted by atomic mass is 16.6. The summed E-state index contributed by atoms with van der Waals surface area (Å²) in [6, 6.07) is -1.01. The average molecular weight is 396 g/mol. The lowest BCUT2D eigenvalue weighted by Gasteiger charge is -2.54. The monoisotopic (exact) mass is 395 g/mol. The second-order valence-electron chi connectivity index (χ2n) is 9.42. The Morgan fingerprint density at radius 2 is 1.86 bits per heavy atom. The SMILES string of the molecule is CC1CCC2(CN([C@H](C(=O)N3CCCC3)[C@@H](C)O)C2=O)N1C(=O)OC(C)(C)C.